The number of aromatic nitrogens is 2. The van der Waals surface area contributed by atoms with Crippen LogP contribution >= 0.6 is 0 Å². The van der Waals surface area contributed by atoms with E-state index in [2.05, 4.69) is 22.0 Å². The van der Waals surface area contributed by atoms with Gasteiger partial charge in [-0.1, -0.05) is 73.3 Å². The van der Waals surface area contributed by atoms with Crippen LogP contribution in [0.15, 0.2) is 83.9 Å². The van der Waals surface area contributed by atoms with Crippen LogP contribution in [0.1, 0.15) is 47.8 Å². The van der Waals surface area contributed by atoms with Gasteiger partial charge in [0.05, 0.1) is 17.6 Å². The van der Waals surface area contributed by atoms with E-state index in [1.165, 1.54) is 0 Å². The molecule has 2 aromatic carbocycles. The Balaban J connectivity index is 0.000000584. The maximum atomic E-state index is 12.7. The summed E-state index contributed by atoms with van der Waals surface area (Å²) in [6, 6.07) is 17.8. The molecule has 4 N–H and O–H groups in total. The normalized spacial score (nSPS) is 14.3. The van der Waals surface area contributed by atoms with Crippen LogP contribution in [-0.4, -0.2) is 88.5 Å². The Bertz CT molecular complexity index is 1550. The maximum Gasteiger partial charge on any atom is 0.246 e. The molecular formula is C36H47N7O4. The molecule has 0 aliphatic carbocycles. The average molecular weight is 642 g/mol. The molecule has 3 aromatic rings. The van der Waals surface area contributed by atoms with Crippen LogP contribution in [0.5, 0.6) is 0 Å². The third-order valence-corrected chi connectivity index (χ3v) is 8.02. The monoisotopic (exact) mass is 641 g/mol. The standard InChI is InChI=1S/C29H36N6O3.C7H11NO/c1-33(20-29(38)14-16-35(17-15-29)26(37)13-10-22-6-4-3-5-7-22)21-31-27-25(19-36)32-34(2)28(27)24-11-8-23(18-30)9-12-24;1-4-5-6(2)7(9)8-3/h3-9,11-12,19,21,38H,10,13-18,20,30H2,1-2H3;4-5H,1H2,2-3H3,(H,8,9)/b;6-5+. The van der Waals surface area contributed by atoms with Gasteiger partial charge in [0, 0.05) is 64.9 Å². The molecule has 2 amide bonds. The summed E-state index contributed by atoms with van der Waals surface area (Å²) in [7, 11) is 5.22. The first-order valence-corrected chi connectivity index (χ1v) is 15.7. The van der Waals surface area contributed by atoms with E-state index in [9.17, 15) is 19.5 Å². The minimum atomic E-state index is -0.930. The Labute approximate surface area is 277 Å². The number of aliphatic hydroxyl groups is 1. The zero-order valence-corrected chi connectivity index (χ0v) is 27.9. The second-order valence-electron chi connectivity index (χ2n) is 11.6. The predicted octanol–water partition coefficient (Wildman–Crippen LogP) is 3.80. The fourth-order valence-electron chi connectivity index (χ4n) is 5.36. The summed E-state index contributed by atoms with van der Waals surface area (Å²) in [6.07, 6.45) is 7.75. The van der Waals surface area contributed by atoms with Gasteiger partial charge in [0.25, 0.3) is 0 Å². The number of amides is 2. The number of hydrogen-bond donors (Lipinski definition) is 3. The molecule has 47 heavy (non-hydrogen) atoms. The van der Waals surface area contributed by atoms with Crippen molar-refractivity contribution in [3.05, 3.63) is 95.7 Å². The quantitative estimate of drug-likeness (QED) is 0.0897. The van der Waals surface area contributed by atoms with Crippen LogP contribution in [0, 0.1) is 0 Å². The number of likely N-dealkylation sites (tertiary alicyclic amines) is 1. The van der Waals surface area contributed by atoms with E-state index in [-0.39, 0.29) is 17.5 Å². The highest BCUT2D eigenvalue weighted by atomic mass is 16.3. The number of nitrogens with zero attached hydrogens (tertiary/aromatic N) is 5. The third kappa shape index (κ3) is 10.6. The van der Waals surface area contributed by atoms with Crippen molar-refractivity contribution in [1.29, 1.82) is 0 Å². The highest BCUT2D eigenvalue weighted by molar-refractivity contribution is 5.92. The van der Waals surface area contributed by atoms with Gasteiger partial charge in [0.2, 0.25) is 11.8 Å². The lowest BCUT2D eigenvalue weighted by Gasteiger charge is -2.39. The summed E-state index contributed by atoms with van der Waals surface area (Å²) < 4.78 is 1.64. The van der Waals surface area contributed by atoms with Gasteiger partial charge in [-0.3, -0.25) is 19.1 Å². The number of aryl methyl sites for hydroxylation is 2. The highest BCUT2D eigenvalue weighted by Gasteiger charge is 2.34. The van der Waals surface area contributed by atoms with E-state index in [0.717, 1.165) is 28.8 Å². The Hall–Kier alpha value is -4.87. The van der Waals surface area contributed by atoms with Crippen molar-refractivity contribution in [3.63, 3.8) is 0 Å². The Morgan fingerprint density at radius 2 is 1.79 bits per heavy atom. The zero-order valence-electron chi connectivity index (χ0n) is 27.9. The van der Waals surface area contributed by atoms with Gasteiger partial charge in [-0.05, 0) is 37.3 Å². The molecule has 1 aliphatic heterocycles. The van der Waals surface area contributed by atoms with Crippen molar-refractivity contribution < 1.29 is 19.5 Å². The first-order valence-electron chi connectivity index (χ1n) is 15.7. The predicted molar refractivity (Wildman–Crippen MR) is 186 cm³/mol. The van der Waals surface area contributed by atoms with Gasteiger partial charge in [-0.25, -0.2) is 4.99 Å². The molecule has 11 heteroatoms. The number of aliphatic imine (C=N–C) groups is 1. The summed E-state index contributed by atoms with van der Waals surface area (Å²) in [5, 5.41) is 18.0. The number of aldehydes is 1. The molecular weight excluding hydrogens is 594 g/mol. The van der Waals surface area contributed by atoms with Gasteiger partial charge in [-0.15, -0.1) is 0 Å². The van der Waals surface area contributed by atoms with Crippen LogP contribution in [0.2, 0.25) is 0 Å². The number of hydrogen-bond acceptors (Lipinski definition) is 7. The molecule has 11 nitrogen and oxygen atoms in total. The number of likely N-dealkylation sites (N-methyl/N-ethyl adjacent to an activating group) is 2. The SMILES string of the molecule is C=C/C=C(\C)C(=O)NC.CN(C=Nc1c(C=O)nn(C)c1-c1ccc(CN)cc1)CC1(O)CCN(C(=O)CCc2ccccc2)CC1. The van der Waals surface area contributed by atoms with E-state index in [4.69, 9.17) is 5.73 Å². The average Bonchev–Trinajstić information content (AvgIpc) is 3.41. The molecule has 0 unspecified atom stereocenters. The molecule has 0 saturated carbocycles. The van der Waals surface area contributed by atoms with Crippen LogP contribution in [0.3, 0.4) is 0 Å². The topological polar surface area (TPSA) is 146 Å². The first kappa shape index (κ1) is 36.6. The largest absolute Gasteiger partial charge is 0.388 e. The molecule has 2 heterocycles. The molecule has 0 bridgehead atoms. The fraction of sp³-hybridized carbons (Fsp3) is 0.361. The highest BCUT2D eigenvalue weighted by Crippen LogP contribution is 2.33. The summed E-state index contributed by atoms with van der Waals surface area (Å²) in [4.78, 5) is 43.3. The number of piperidine rings is 1. The molecule has 0 spiro atoms. The van der Waals surface area contributed by atoms with Gasteiger partial charge in [0.15, 0.2) is 12.0 Å². The van der Waals surface area contributed by atoms with Crippen molar-refractivity contribution in [1.82, 2.24) is 24.9 Å². The van der Waals surface area contributed by atoms with Crippen molar-refractivity contribution >= 4 is 30.1 Å². The Morgan fingerprint density at radius 1 is 1.13 bits per heavy atom. The molecule has 0 radical (unpaired) electrons. The van der Waals surface area contributed by atoms with E-state index in [1.807, 2.05) is 71.4 Å². The van der Waals surface area contributed by atoms with E-state index in [1.54, 1.807) is 44.2 Å². The number of nitrogens with two attached hydrogens (primary N) is 1. The van der Waals surface area contributed by atoms with Crippen molar-refractivity contribution in [2.24, 2.45) is 17.8 Å². The minimum Gasteiger partial charge on any atom is -0.388 e. The number of carbonyl (C=O) groups is 3. The van der Waals surface area contributed by atoms with Crippen LogP contribution in [0.25, 0.3) is 11.3 Å². The lowest BCUT2D eigenvalue weighted by Crippen LogP contribution is -2.51. The third-order valence-electron chi connectivity index (χ3n) is 8.02. The Kier molecular flexibility index (Phi) is 13.8. The number of rotatable bonds is 12. The van der Waals surface area contributed by atoms with Crippen LogP contribution < -0.4 is 11.1 Å². The summed E-state index contributed by atoms with van der Waals surface area (Å²) in [6.45, 7) is 7.05. The van der Waals surface area contributed by atoms with Crippen molar-refractivity contribution in [3.8, 4) is 11.3 Å². The number of carbonyl (C=O) groups excluding carboxylic acids is 3. The molecule has 0 atom stereocenters. The molecule has 4 rings (SSSR count). The van der Waals surface area contributed by atoms with Crippen LogP contribution in [0.4, 0.5) is 5.69 Å². The summed E-state index contributed by atoms with van der Waals surface area (Å²) >= 11 is 0. The number of benzene rings is 2. The lowest BCUT2D eigenvalue weighted by atomic mass is 9.90. The van der Waals surface area contributed by atoms with Crippen molar-refractivity contribution in [2.45, 2.75) is 44.8 Å². The fourth-order valence-corrected chi connectivity index (χ4v) is 5.36. The molecule has 1 aliphatic rings. The number of allylic oxidation sites excluding steroid dienone is 2. The van der Waals surface area contributed by atoms with Gasteiger partial charge < -0.3 is 26.0 Å². The second-order valence-corrected chi connectivity index (χ2v) is 11.6. The van der Waals surface area contributed by atoms with E-state index in [0.29, 0.717) is 63.0 Å². The van der Waals surface area contributed by atoms with Crippen molar-refractivity contribution in [2.75, 3.05) is 33.7 Å². The first-order chi connectivity index (χ1) is 22.5. The minimum absolute atomic E-state index is 0.0603. The molecule has 250 valence electrons. The second kappa shape index (κ2) is 17.7. The van der Waals surface area contributed by atoms with Gasteiger partial charge in [0.1, 0.15) is 5.69 Å². The van der Waals surface area contributed by atoms with Gasteiger partial charge >= 0.3 is 0 Å². The Morgan fingerprint density at radius 3 is 2.36 bits per heavy atom. The smallest absolute Gasteiger partial charge is 0.246 e. The lowest BCUT2D eigenvalue weighted by molar-refractivity contribution is -0.135. The molecule has 1 aromatic heterocycles. The maximum absolute atomic E-state index is 12.7. The summed E-state index contributed by atoms with van der Waals surface area (Å²) in [5.74, 6) is 0.0608. The van der Waals surface area contributed by atoms with E-state index < -0.39 is 5.60 Å². The van der Waals surface area contributed by atoms with Gasteiger partial charge in [-0.2, -0.15) is 5.10 Å². The summed E-state index contributed by atoms with van der Waals surface area (Å²) in [5.41, 5.74) is 9.94. The molecule has 1 fully saturated rings. The van der Waals surface area contributed by atoms with E-state index >= 15 is 0 Å². The zero-order chi connectivity index (χ0) is 34.4. The van der Waals surface area contributed by atoms with Crippen LogP contribution in [-0.2, 0) is 29.6 Å². The number of nitrogens with one attached hydrogen (secondary N) is 1. The molecule has 1 saturated heterocycles.